The third-order valence-corrected chi connectivity index (χ3v) is 16.0. The Kier molecular flexibility index (Phi) is 67.1. The van der Waals surface area contributed by atoms with Crippen molar-refractivity contribution in [3.8, 4) is 0 Å². The van der Waals surface area contributed by atoms with Gasteiger partial charge in [-0.05, 0) is 83.5 Å². The summed E-state index contributed by atoms with van der Waals surface area (Å²) in [5.41, 5.74) is 0. The Balaban J connectivity index is 4.28. The average Bonchev–Trinajstić information content (AvgIpc) is 3.47. The molecule has 6 heteroatoms. The fraction of sp³-hybridized carbons (Fsp3) is 0.827. The van der Waals surface area contributed by atoms with Gasteiger partial charge in [-0.15, -0.1) is 0 Å². The number of hydrogen-bond acceptors (Lipinski definition) is 6. The first-order chi connectivity index (χ1) is 40.0. The number of allylic oxidation sites excluding steroid dienone is 10. The van der Waals surface area contributed by atoms with Crippen LogP contribution in [0.1, 0.15) is 380 Å². The number of esters is 3. The van der Waals surface area contributed by atoms with Crippen LogP contribution in [0.4, 0.5) is 0 Å². The Bertz CT molecular complexity index is 1440. The van der Waals surface area contributed by atoms with Crippen molar-refractivity contribution < 1.29 is 28.6 Å². The monoisotopic (exact) mass is 1130 g/mol. The van der Waals surface area contributed by atoms with Crippen LogP contribution in [0.5, 0.6) is 0 Å². The quantitative estimate of drug-likeness (QED) is 0.0261. The molecule has 0 N–H and O–H groups in total. The Morgan fingerprint density at radius 2 is 0.481 bits per heavy atom. The smallest absolute Gasteiger partial charge is 0.306 e. The van der Waals surface area contributed by atoms with Crippen LogP contribution in [0.3, 0.4) is 0 Å². The molecule has 0 aliphatic rings. The van der Waals surface area contributed by atoms with E-state index in [1.807, 2.05) is 0 Å². The van der Waals surface area contributed by atoms with E-state index >= 15 is 0 Å². The maximum Gasteiger partial charge on any atom is 0.306 e. The SMILES string of the molecule is CC/C=C\C/C=C\C/C=C\C/C=C\CCCCCCCCCCCCCCCCC(=O)OCC(COC(=O)CCCCCCCCC/C=C\CCCCCCCC)OC(=O)CCCCCCCCCCCCCCCCCCCCC. The molecular weight excluding hydrogens is 997 g/mol. The number of hydrogen-bond donors (Lipinski definition) is 0. The van der Waals surface area contributed by atoms with Crippen LogP contribution < -0.4 is 0 Å². The van der Waals surface area contributed by atoms with Gasteiger partial charge in [-0.2, -0.15) is 0 Å². The van der Waals surface area contributed by atoms with Crippen LogP contribution in [-0.4, -0.2) is 37.2 Å². The van der Waals surface area contributed by atoms with Crippen LogP contribution in [0.15, 0.2) is 60.8 Å². The molecule has 0 aliphatic heterocycles. The summed E-state index contributed by atoms with van der Waals surface area (Å²) >= 11 is 0. The molecule has 0 saturated heterocycles. The zero-order valence-electron chi connectivity index (χ0n) is 54.3. The number of unbranched alkanes of at least 4 members (excludes halogenated alkanes) is 45. The van der Waals surface area contributed by atoms with E-state index in [-0.39, 0.29) is 31.1 Å². The molecule has 0 amide bonds. The van der Waals surface area contributed by atoms with Crippen LogP contribution in [0.2, 0.25) is 0 Å². The van der Waals surface area contributed by atoms with E-state index in [0.717, 1.165) is 83.5 Å². The van der Waals surface area contributed by atoms with Crippen LogP contribution in [0.25, 0.3) is 0 Å². The lowest BCUT2D eigenvalue weighted by Gasteiger charge is -2.18. The maximum absolute atomic E-state index is 13.0. The molecule has 81 heavy (non-hydrogen) atoms. The highest BCUT2D eigenvalue weighted by molar-refractivity contribution is 5.71. The van der Waals surface area contributed by atoms with Crippen molar-refractivity contribution >= 4 is 17.9 Å². The van der Waals surface area contributed by atoms with Gasteiger partial charge in [-0.25, -0.2) is 0 Å². The Morgan fingerprint density at radius 3 is 0.765 bits per heavy atom. The highest BCUT2D eigenvalue weighted by atomic mass is 16.6. The first kappa shape index (κ1) is 78.1. The largest absolute Gasteiger partial charge is 0.462 e. The summed E-state index contributed by atoms with van der Waals surface area (Å²) in [6.45, 7) is 6.59. The minimum absolute atomic E-state index is 0.0708. The van der Waals surface area contributed by atoms with Crippen LogP contribution >= 0.6 is 0 Å². The van der Waals surface area contributed by atoms with Gasteiger partial charge < -0.3 is 14.2 Å². The lowest BCUT2D eigenvalue weighted by molar-refractivity contribution is -0.167. The summed E-state index contributed by atoms with van der Waals surface area (Å²) in [4.78, 5) is 38.5. The van der Waals surface area contributed by atoms with Crippen molar-refractivity contribution in [2.24, 2.45) is 0 Å². The number of carbonyl (C=O) groups is 3. The van der Waals surface area contributed by atoms with E-state index in [4.69, 9.17) is 14.2 Å². The fourth-order valence-corrected chi connectivity index (χ4v) is 10.7. The zero-order valence-corrected chi connectivity index (χ0v) is 54.3. The van der Waals surface area contributed by atoms with E-state index in [1.54, 1.807) is 0 Å². The first-order valence-corrected chi connectivity index (χ1v) is 35.8. The number of carbonyl (C=O) groups excluding carboxylic acids is 3. The fourth-order valence-electron chi connectivity index (χ4n) is 10.7. The second-order valence-corrected chi connectivity index (χ2v) is 24.1. The Morgan fingerprint density at radius 1 is 0.259 bits per heavy atom. The predicted octanol–water partition coefficient (Wildman–Crippen LogP) is 24.7. The summed E-state index contributed by atoms with van der Waals surface area (Å²) in [6.07, 6.45) is 89.6. The van der Waals surface area contributed by atoms with Gasteiger partial charge in [0, 0.05) is 19.3 Å². The summed E-state index contributed by atoms with van der Waals surface area (Å²) in [5, 5.41) is 0. The molecule has 0 aromatic heterocycles. The van der Waals surface area contributed by atoms with Crippen molar-refractivity contribution in [2.45, 2.75) is 386 Å². The van der Waals surface area contributed by atoms with Crippen molar-refractivity contribution in [1.29, 1.82) is 0 Å². The van der Waals surface area contributed by atoms with Gasteiger partial charge in [0.2, 0.25) is 0 Å². The van der Waals surface area contributed by atoms with Gasteiger partial charge in [-0.3, -0.25) is 14.4 Å². The summed E-state index contributed by atoms with van der Waals surface area (Å²) in [7, 11) is 0. The van der Waals surface area contributed by atoms with Gasteiger partial charge in [0.05, 0.1) is 0 Å². The van der Waals surface area contributed by atoms with Crippen LogP contribution in [-0.2, 0) is 28.6 Å². The molecule has 1 atom stereocenters. The molecule has 0 spiro atoms. The molecule has 472 valence electrons. The minimum atomic E-state index is -0.775. The van der Waals surface area contributed by atoms with Crippen molar-refractivity contribution in [3.63, 3.8) is 0 Å². The van der Waals surface area contributed by atoms with E-state index in [2.05, 4.69) is 81.5 Å². The third kappa shape index (κ3) is 67.8. The summed E-state index contributed by atoms with van der Waals surface area (Å²) in [6, 6.07) is 0. The molecule has 0 aliphatic carbocycles. The highest BCUT2D eigenvalue weighted by Crippen LogP contribution is 2.18. The molecule has 0 radical (unpaired) electrons. The van der Waals surface area contributed by atoms with Crippen molar-refractivity contribution in [3.05, 3.63) is 60.8 Å². The molecule has 0 aromatic rings. The van der Waals surface area contributed by atoms with E-state index < -0.39 is 6.10 Å². The molecular formula is C75H136O6. The van der Waals surface area contributed by atoms with E-state index in [9.17, 15) is 14.4 Å². The van der Waals surface area contributed by atoms with Gasteiger partial charge in [-0.1, -0.05) is 338 Å². The first-order valence-electron chi connectivity index (χ1n) is 35.8. The Labute approximate surface area is 504 Å². The van der Waals surface area contributed by atoms with Gasteiger partial charge >= 0.3 is 17.9 Å². The maximum atomic E-state index is 13.0. The molecule has 1 unspecified atom stereocenters. The van der Waals surface area contributed by atoms with E-state index in [0.29, 0.717) is 19.3 Å². The predicted molar refractivity (Wildman–Crippen MR) is 353 cm³/mol. The molecule has 0 heterocycles. The lowest BCUT2D eigenvalue weighted by atomic mass is 10.0. The molecule has 0 bridgehead atoms. The summed E-state index contributed by atoms with van der Waals surface area (Å²) < 4.78 is 17.0. The average molecular weight is 1130 g/mol. The van der Waals surface area contributed by atoms with Crippen molar-refractivity contribution in [2.75, 3.05) is 13.2 Å². The lowest BCUT2D eigenvalue weighted by Crippen LogP contribution is -2.30. The van der Waals surface area contributed by atoms with Gasteiger partial charge in [0.15, 0.2) is 6.10 Å². The standard InChI is InChI=1S/C75H136O6/c1-4-7-10-13-16-19-22-25-28-31-33-34-35-36-37-38-39-40-42-44-47-50-53-56-59-62-65-68-74(77)80-71-72(70-79-73(76)67-64-61-58-55-52-49-46-43-30-27-24-21-18-15-12-9-6-3)81-75(78)69-66-63-60-57-54-51-48-45-41-32-29-26-23-20-17-14-11-8-5-2/h7,10,16,19,25,27-28,30,33-34,72H,4-6,8-9,11-15,17-18,20-24,26,29,31-32,35-71H2,1-3H3/b10-7-,19-16-,28-25-,30-27-,34-33-. The molecule has 0 fully saturated rings. The topological polar surface area (TPSA) is 78.9 Å². The normalized spacial score (nSPS) is 12.4. The third-order valence-electron chi connectivity index (χ3n) is 16.0. The van der Waals surface area contributed by atoms with Gasteiger partial charge in [0.25, 0.3) is 0 Å². The van der Waals surface area contributed by atoms with Gasteiger partial charge in [0.1, 0.15) is 13.2 Å². The second-order valence-electron chi connectivity index (χ2n) is 24.1. The van der Waals surface area contributed by atoms with Crippen molar-refractivity contribution in [1.82, 2.24) is 0 Å². The van der Waals surface area contributed by atoms with Crippen LogP contribution in [0, 0.1) is 0 Å². The molecule has 6 nitrogen and oxygen atoms in total. The second kappa shape index (κ2) is 69.6. The number of rotatable bonds is 66. The molecule has 0 saturated carbocycles. The molecule has 0 aromatic carbocycles. The number of ether oxygens (including phenoxy) is 3. The van der Waals surface area contributed by atoms with E-state index in [1.165, 1.54) is 257 Å². The summed E-state index contributed by atoms with van der Waals surface area (Å²) in [5.74, 6) is -0.848. The Hall–Kier alpha value is -2.89. The minimum Gasteiger partial charge on any atom is -0.462 e. The highest BCUT2D eigenvalue weighted by Gasteiger charge is 2.19. The molecule has 0 rings (SSSR count). The zero-order chi connectivity index (χ0) is 58.5.